The Labute approximate surface area is 72.8 Å². The van der Waals surface area contributed by atoms with Crippen LogP contribution in [0.3, 0.4) is 0 Å². The Bertz CT molecular complexity index is 142. The Hall–Kier alpha value is -0.0400. The van der Waals surface area contributed by atoms with E-state index in [1.807, 2.05) is 0 Å². The summed E-state index contributed by atoms with van der Waals surface area (Å²) < 4.78 is 5.29. The molecule has 1 heterocycles. The highest BCUT2D eigenvalue weighted by Gasteiger charge is 2.19. The summed E-state index contributed by atoms with van der Waals surface area (Å²) in [5, 5.41) is 0. The number of alkyl halides is 1. The predicted octanol–water partition coefficient (Wildman–Crippen LogP) is 0.158. The summed E-state index contributed by atoms with van der Waals surface area (Å²) in [6.07, 6.45) is 0. The normalized spacial score (nSPS) is 26.5. The van der Waals surface area contributed by atoms with Crippen LogP contribution in [0.15, 0.2) is 0 Å². The molecule has 5 heteroatoms. The zero-order valence-corrected chi connectivity index (χ0v) is 7.58. The van der Waals surface area contributed by atoms with Crippen LogP contribution in [0.2, 0.25) is 0 Å². The van der Waals surface area contributed by atoms with Crippen LogP contribution in [0.1, 0.15) is 0 Å². The molecule has 0 aromatic rings. The first-order chi connectivity index (χ1) is 4.70. The van der Waals surface area contributed by atoms with Crippen LogP contribution in [0.4, 0.5) is 4.79 Å². The van der Waals surface area contributed by atoms with E-state index in [4.69, 9.17) is 10.5 Å². The number of hydrogen-bond donors (Lipinski definition) is 1. The Morgan fingerprint density at radius 3 is 2.90 bits per heavy atom. The van der Waals surface area contributed by atoms with Crippen molar-refractivity contribution < 1.29 is 9.53 Å². The monoisotopic (exact) mass is 256 g/mol. The molecule has 1 saturated heterocycles. The fraction of sp³-hybridized carbons (Fsp3) is 0.800. The van der Waals surface area contributed by atoms with Crippen molar-refractivity contribution in [2.24, 2.45) is 5.73 Å². The largest absolute Gasteiger partial charge is 0.364 e. The fourth-order valence-corrected chi connectivity index (χ4v) is 1.54. The molecule has 1 aliphatic heterocycles. The van der Waals surface area contributed by atoms with Crippen LogP contribution >= 0.6 is 22.6 Å². The van der Waals surface area contributed by atoms with Crippen molar-refractivity contribution in [1.29, 1.82) is 0 Å². The van der Waals surface area contributed by atoms with Crippen molar-refractivity contribution in [3.63, 3.8) is 0 Å². The summed E-state index contributed by atoms with van der Waals surface area (Å²) in [5.74, 6) is 0. The molecule has 0 spiro atoms. The third-order valence-corrected chi connectivity index (χ3v) is 2.09. The van der Waals surface area contributed by atoms with Gasteiger partial charge in [0.1, 0.15) is 4.11 Å². The summed E-state index contributed by atoms with van der Waals surface area (Å²) in [4.78, 5) is 12.2. The van der Waals surface area contributed by atoms with Crippen LogP contribution < -0.4 is 5.73 Å². The molecule has 0 aliphatic carbocycles. The highest BCUT2D eigenvalue weighted by molar-refractivity contribution is 14.1. The quantitative estimate of drug-likeness (QED) is 0.495. The number of carbonyl (C=O) groups excluding carboxylic acids is 1. The number of ether oxygens (including phenoxy) is 1. The van der Waals surface area contributed by atoms with Gasteiger partial charge in [0.15, 0.2) is 0 Å². The van der Waals surface area contributed by atoms with E-state index in [0.717, 1.165) is 0 Å². The molecule has 0 bridgehead atoms. The summed E-state index contributed by atoms with van der Waals surface area (Å²) in [6.45, 7) is 1.82. The number of amides is 2. The number of rotatable bonds is 0. The molecule has 2 N–H and O–H groups in total. The van der Waals surface area contributed by atoms with E-state index in [1.165, 1.54) is 0 Å². The van der Waals surface area contributed by atoms with E-state index in [-0.39, 0.29) is 10.1 Å². The van der Waals surface area contributed by atoms with Gasteiger partial charge >= 0.3 is 6.03 Å². The van der Waals surface area contributed by atoms with Crippen LogP contribution in [-0.2, 0) is 4.74 Å². The van der Waals surface area contributed by atoms with E-state index in [2.05, 4.69) is 22.6 Å². The molecule has 10 heavy (non-hydrogen) atoms. The van der Waals surface area contributed by atoms with Crippen LogP contribution in [0.25, 0.3) is 0 Å². The number of nitrogens with two attached hydrogens (primary N) is 1. The van der Waals surface area contributed by atoms with Crippen molar-refractivity contribution in [2.45, 2.75) is 4.11 Å². The molecular formula is C5H9IN2O2. The maximum atomic E-state index is 10.6. The smallest absolute Gasteiger partial charge is 0.314 e. The summed E-state index contributed by atoms with van der Waals surface area (Å²) >= 11 is 2.13. The molecule has 1 fully saturated rings. The highest BCUT2D eigenvalue weighted by Crippen LogP contribution is 2.09. The lowest BCUT2D eigenvalue weighted by Crippen LogP contribution is -2.46. The minimum absolute atomic E-state index is 0.0962. The van der Waals surface area contributed by atoms with E-state index >= 15 is 0 Å². The van der Waals surface area contributed by atoms with Crippen molar-refractivity contribution in [1.82, 2.24) is 4.90 Å². The van der Waals surface area contributed by atoms with Gasteiger partial charge in [-0.25, -0.2) is 4.79 Å². The van der Waals surface area contributed by atoms with E-state index < -0.39 is 0 Å². The lowest BCUT2D eigenvalue weighted by atomic mass is 10.4. The first-order valence-electron chi connectivity index (χ1n) is 3.00. The predicted molar refractivity (Wildman–Crippen MR) is 44.9 cm³/mol. The molecule has 1 rings (SSSR count). The Morgan fingerprint density at radius 2 is 2.50 bits per heavy atom. The number of halogens is 1. The number of nitrogens with zero attached hydrogens (tertiary/aromatic N) is 1. The van der Waals surface area contributed by atoms with Gasteiger partial charge in [-0.05, 0) is 22.6 Å². The molecule has 1 aliphatic rings. The Morgan fingerprint density at radius 1 is 1.80 bits per heavy atom. The Balaban J connectivity index is 2.39. The van der Waals surface area contributed by atoms with Crippen molar-refractivity contribution >= 4 is 28.6 Å². The molecule has 58 valence electrons. The van der Waals surface area contributed by atoms with Crippen LogP contribution in [0.5, 0.6) is 0 Å². The first-order valence-corrected chi connectivity index (χ1v) is 4.25. The molecular weight excluding hydrogens is 247 g/mol. The van der Waals surface area contributed by atoms with E-state index in [9.17, 15) is 4.79 Å². The second-order valence-electron chi connectivity index (χ2n) is 2.07. The zero-order chi connectivity index (χ0) is 7.56. The third kappa shape index (κ3) is 1.98. The second kappa shape index (κ2) is 3.38. The summed E-state index contributed by atoms with van der Waals surface area (Å²) in [5.41, 5.74) is 5.06. The molecule has 2 amide bonds. The molecule has 0 aromatic carbocycles. The van der Waals surface area contributed by atoms with Crippen molar-refractivity contribution in [3.8, 4) is 0 Å². The molecule has 0 aromatic heterocycles. The van der Waals surface area contributed by atoms with Gasteiger partial charge in [0.2, 0.25) is 0 Å². The van der Waals surface area contributed by atoms with Gasteiger partial charge in [0, 0.05) is 6.54 Å². The standard InChI is InChI=1S/C5H9IN2O2/c6-4-3-8(5(7)9)1-2-10-4/h4H,1-3H2,(H2,7,9). The minimum atomic E-state index is -0.357. The lowest BCUT2D eigenvalue weighted by molar-refractivity contribution is 0.0442. The molecule has 1 atom stereocenters. The number of carbonyl (C=O) groups is 1. The topological polar surface area (TPSA) is 55.6 Å². The summed E-state index contributed by atoms with van der Waals surface area (Å²) in [7, 11) is 0. The fourth-order valence-electron chi connectivity index (χ4n) is 0.808. The molecule has 0 saturated carbocycles. The SMILES string of the molecule is NC(=O)N1CCOC(I)C1. The highest BCUT2D eigenvalue weighted by atomic mass is 127. The number of urea groups is 1. The molecule has 0 radical (unpaired) electrons. The number of hydrogen-bond acceptors (Lipinski definition) is 2. The van der Waals surface area contributed by atoms with Crippen LogP contribution in [0, 0.1) is 0 Å². The van der Waals surface area contributed by atoms with Gasteiger partial charge < -0.3 is 15.4 Å². The lowest BCUT2D eigenvalue weighted by Gasteiger charge is -2.28. The van der Waals surface area contributed by atoms with Crippen LogP contribution in [-0.4, -0.2) is 34.7 Å². The van der Waals surface area contributed by atoms with Crippen molar-refractivity contribution in [3.05, 3.63) is 0 Å². The average Bonchev–Trinajstić information content (AvgIpc) is 1.88. The van der Waals surface area contributed by atoms with Gasteiger partial charge in [-0.15, -0.1) is 0 Å². The maximum Gasteiger partial charge on any atom is 0.314 e. The molecule has 4 nitrogen and oxygen atoms in total. The minimum Gasteiger partial charge on any atom is -0.364 e. The Kier molecular flexibility index (Phi) is 2.72. The van der Waals surface area contributed by atoms with Crippen molar-refractivity contribution in [2.75, 3.05) is 19.7 Å². The van der Waals surface area contributed by atoms with Gasteiger partial charge in [0.25, 0.3) is 0 Å². The van der Waals surface area contributed by atoms with Gasteiger partial charge in [-0.2, -0.15) is 0 Å². The maximum absolute atomic E-state index is 10.6. The van der Waals surface area contributed by atoms with Gasteiger partial charge in [-0.1, -0.05) is 0 Å². The van der Waals surface area contributed by atoms with Gasteiger partial charge in [0.05, 0.1) is 13.2 Å². The number of primary amides is 1. The van der Waals surface area contributed by atoms with E-state index in [0.29, 0.717) is 19.7 Å². The second-order valence-corrected chi connectivity index (χ2v) is 3.45. The van der Waals surface area contributed by atoms with Gasteiger partial charge in [-0.3, -0.25) is 0 Å². The average molecular weight is 256 g/mol. The summed E-state index contributed by atoms with van der Waals surface area (Å²) in [6, 6.07) is -0.357. The number of morpholine rings is 1. The third-order valence-electron chi connectivity index (χ3n) is 1.34. The zero-order valence-electron chi connectivity index (χ0n) is 5.42. The molecule has 1 unspecified atom stereocenters. The van der Waals surface area contributed by atoms with E-state index in [1.54, 1.807) is 4.90 Å². The first kappa shape index (κ1) is 8.06.